The normalized spacial score (nSPS) is 22.0. The minimum atomic E-state index is 0.426. The summed E-state index contributed by atoms with van der Waals surface area (Å²) in [4.78, 5) is 15.5. The van der Waals surface area contributed by atoms with E-state index in [4.69, 9.17) is 19.4 Å². The van der Waals surface area contributed by atoms with Gasteiger partial charge >= 0.3 is 0 Å². The van der Waals surface area contributed by atoms with Gasteiger partial charge in [-0.15, -0.1) is 0 Å². The van der Waals surface area contributed by atoms with Crippen molar-refractivity contribution in [1.82, 2.24) is 19.8 Å². The van der Waals surface area contributed by atoms with Crippen LogP contribution in [0, 0.1) is 11.8 Å². The lowest BCUT2D eigenvalue weighted by atomic mass is 9.88. The van der Waals surface area contributed by atoms with Crippen molar-refractivity contribution >= 4 is 16.7 Å². The maximum absolute atomic E-state index is 6.34. The monoisotopic (exact) mass is 551 g/mol. The van der Waals surface area contributed by atoms with E-state index in [9.17, 15) is 0 Å². The van der Waals surface area contributed by atoms with E-state index in [2.05, 4.69) is 54.9 Å². The third kappa shape index (κ3) is 7.20. The van der Waals surface area contributed by atoms with Gasteiger partial charge in [0.05, 0.1) is 19.2 Å². The van der Waals surface area contributed by atoms with Gasteiger partial charge in [-0.1, -0.05) is 33.1 Å². The first kappa shape index (κ1) is 29.4. The lowest BCUT2D eigenvalue weighted by Crippen LogP contribution is -2.42. The zero-order chi connectivity index (χ0) is 28.1. The van der Waals surface area contributed by atoms with Crippen molar-refractivity contribution in [2.24, 2.45) is 11.8 Å². The van der Waals surface area contributed by atoms with E-state index in [0.29, 0.717) is 24.6 Å². The number of piperidine rings is 1. The second kappa shape index (κ2) is 13.7. The number of anilines is 1. The maximum atomic E-state index is 6.34. The summed E-state index contributed by atoms with van der Waals surface area (Å²) in [6.45, 7) is 15.8. The first-order valence-electron chi connectivity index (χ1n) is 16.2. The molecular formula is C33H53N5O2. The smallest absolute Gasteiger partial charge is 0.163 e. The molecule has 0 radical (unpaired) electrons. The minimum absolute atomic E-state index is 0.426. The van der Waals surface area contributed by atoms with Crippen LogP contribution >= 0.6 is 0 Å². The molecule has 1 N–H and O–H groups in total. The fraction of sp³-hybridized carbons (Fsp3) is 0.758. The number of nitrogens with zero attached hydrogens (tertiary/aromatic N) is 4. The molecule has 2 aliphatic heterocycles. The second-order valence-corrected chi connectivity index (χ2v) is 13.1. The van der Waals surface area contributed by atoms with Crippen LogP contribution in [0.2, 0.25) is 0 Å². The standard InChI is InChI=1S/C33H53N5O2/c1-23(2)26-12-16-37(22-26)15-9-19-40-31-21-29-28(20-30(31)39-5)33(34-27-13-17-38(18-14-27)24(3)4)36-32(35-29)25-10-7-6-8-11-25/h20-21,23-27H,6-19,22H2,1-5H3,(H,34,35,36). The molecular weight excluding hydrogens is 498 g/mol. The highest BCUT2D eigenvalue weighted by Gasteiger charge is 2.26. The Morgan fingerprint density at radius 3 is 2.38 bits per heavy atom. The molecule has 222 valence electrons. The van der Waals surface area contributed by atoms with Crippen molar-refractivity contribution in [2.45, 2.75) is 103 Å². The van der Waals surface area contributed by atoms with Gasteiger partial charge in [-0.25, -0.2) is 9.97 Å². The molecule has 2 aromatic rings. The van der Waals surface area contributed by atoms with Gasteiger partial charge in [0.1, 0.15) is 11.6 Å². The summed E-state index contributed by atoms with van der Waals surface area (Å²) in [6, 6.07) is 5.22. The highest BCUT2D eigenvalue weighted by atomic mass is 16.5. The number of benzene rings is 1. The highest BCUT2D eigenvalue weighted by molar-refractivity contribution is 5.92. The molecule has 1 atom stereocenters. The van der Waals surface area contributed by atoms with Gasteiger partial charge in [-0.05, 0) is 76.8 Å². The fourth-order valence-corrected chi connectivity index (χ4v) is 6.91. The van der Waals surface area contributed by atoms with Crippen LogP contribution in [0.3, 0.4) is 0 Å². The first-order chi connectivity index (χ1) is 19.4. The Kier molecular flexibility index (Phi) is 10.1. The average molecular weight is 552 g/mol. The minimum Gasteiger partial charge on any atom is -0.493 e. The molecule has 3 aliphatic rings. The van der Waals surface area contributed by atoms with Crippen LogP contribution < -0.4 is 14.8 Å². The number of nitrogens with one attached hydrogen (secondary N) is 1. The van der Waals surface area contributed by atoms with E-state index in [1.807, 2.05) is 0 Å². The Morgan fingerprint density at radius 2 is 1.70 bits per heavy atom. The molecule has 1 saturated carbocycles. The number of rotatable bonds is 11. The summed E-state index contributed by atoms with van der Waals surface area (Å²) in [5, 5.41) is 4.88. The Labute approximate surface area is 242 Å². The van der Waals surface area contributed by atoms with Crippen LogP contribution in [0.15, 0.2) is 12.1 Å². The Hall–Kier alpha value is -2.12. The van der Waals surface area contributed by atoms with Gasteiger partial charge in [0, 0.05) is 55.6 Å². The first-order valence-corrected chi connectivity index (χ1v) is 16.2. The summed E-state index contributed by atoms with van der Waals surface area (Å²) < 4.78 is 12.2. The molecule has 0 bridgehead atoms. The molecule has 2 saturated heterocycles. The van der Waals surface area contributed by atoms with Crippen molar-refractivity contribution in [3.05, 3.63) is 18.0 Å². The molecule has 3 fully saturated rings. The molecule has 40 heavy (non-hydrogen) atoms. The Morgan fingerprint density at radius 1 is 0.925 bits per heavy atom. The topological polar surface area (TPSA) is 62.8 Å². The molecule has 7 nitrogen and oxygen atoms in total. The Balaban J connectivity index is 1.32. The van der Waals surface area contributed by atoms with Crippen molar-refractivity contribution < 1.29 is 9.47 Å². The van der Waals surface area contributed by atoms with Crippen molar-refractivity contribution in [3.63, 3.8) is 0 Å². The molecule has 5 rings (SSSR count). The number of ether oxygens (including phenoxy) is 2. The molecule has 1 unspecified atom stereocenters. The molecule has 0 amide bonds. The van der Waals surface area contributed by atoms with Crippen LogP contribution in [0.25, 0.3) is 10.9 Å². The number of hydrogen-bond donors (Lipinski definition) is 1. The largest absolute Gasteiger partial charge is 0.493 e. The molecule has 3 heterocycles. The van der Waals surface area contributed by atoms with E-state index in [-0.39, 0.29) is 0 Å². The van der Waals surface area contributed by atoms with Gasteiger partial charge in [0.15, 0.2) is 11.5 Å². The van der Waals surface area contributed by atoms with Gasteiger partial charge in [-0.2, -0.15) is 0 Å². The molecule has 7 heteroatoms. The molecule has 1 aromatic heterocycles. The SMILES string of the molecule is COc1cc2c(NC3CCN(C(C)C)CC3)nc(C3CCCCC3)nc2cc1OCCCN1CCC(C(C)C)C1. The highest BCUT2D eigenvalue weighted by Crippen LogP contribution is 2.38. The van der Waals surface area contributed by atoms with Crippen molar-refractivity contribution in [3.8, 4) is 11.5 Å². The van der Waals surface area contributed by atoms with E-state index >= 15 is 0 Å². The second-order valence-electron chi connectivity index (χ2n) is 13.1. The fourth-order valence-electron chi connectivity index (χ4n) is 6.91. The lowest BCUT2D eigenvalue weighted by molar-refractivity contribution is 0.177. The summed E-state index contributed by atoms with van der Waals surface area (Å²) in [5.74, 6) is 5.58. The van der Waals surface area contributed by atoms with Crippen molar-refractivity contribution in [1.29, 1.82) is 0 Å². The predicted octanol–water partition coefficient (Wildman–Crippen LogP) is 6.72. The number of likely N-dealkylation sites (tertiary alicyclic amines) is 2. The zero-order valence-corrected chi connectivity index (χ0v) is 25.8. The van der Waals surface area contributed by atoms with Gasteiger partial charge < -0.3 is 24.6 Å². The van der Waals surface area contributed by atoms with Gasteiger partial charge in [0.25, 0.3) is 0 Å². The molecule has 0 spiro atoms. The summed E-state index contributed by atoms with van der Waals surface area (Å²) in [5.41, 5.74) is 0.966. The van der Waals surface area contributed by atoms with Crippen LogP contribution in [0.4, 0.5) is 5.82 Å². The summed E-state index contributed by atoms with van der Waals surface area (Å²) in [7, 11) is 1.73. The maximum Gasteiger partial charge on any atom is 0.163 e. The van der Waals surface area contributed by atoms with Gasteiger partial charge in [0.2, 0.25) is 0 Å². The number of aromatic nitrogens is 2. The molecule has 1 aliphatic carbocycles. The predicted molar refractivity (Wildman–Crippen MR) is 165 cm³/mol. The summed E-state index contributed by atoms with van der Waals surface area (Å²) in [6.07, 6.45) is 10.9. The van der Waals surface area contributed by atoms with E-state index < -0.39 is 0 Å². The third-order valence-electron chi connectivity index (χ3n) is 9.70. The summed E-state index contributed by atoms with van der Waals surface area (Å²) >= 11 is 0. The molecule has 1 aromatic carbocycles. The third-order valence-corrected chi connectivity index (χ3v) is 9.70. The van der Waals surface area contributed by atoms with Crippen LogP contribution in [0.1, 0.15) is 97.2 Å². The number of methoxy groups -OCH3 is 1. The van der Waals surface area contributed by atoms with E-state index in [1.165, 1.54) is 51.6 Å². The number of fused-ring (bicyclic) bond motifs is 1. The Bertz CT molecular complexity index is 1090. The zero-order valence-electron chi connectivity index (χ0n) is 25.8. The van der Waals surface area contributed by atoms with Crippen LogP contribution in [0.5, 0.6) is 11.5 Å². The van der Waals surface area contributed by atoms with Crippen molar-refractivity contribution in [2.75, 3.05) is 51.8 Å². The average Bonchev–Trinajstić information content (AvgIpc) is 3.45. The van der Waals surface area contributed by atoms with Gasteiger partial charge in [-0.3, -0.25) is 0 Å². The quantitative estimate of drug-likeness (QED) is 0.311. The van der Waals surface area contributed by atoms with Crippen LogP contribution in [-0.4, -0.2) is 78.3 Å². The van der Waals surface area contributed by atoms with Crippen LogP contribution in [-0.2, 0) is 0 Å². The lowest BCUT2D eigenvalue weighted by Gasteiger charge is -2.35. The number of hydrogen-bond acceptors (Lipinski definition) is 7. The van der Waals surface area contributed by atoms with E-state index in [0.717, 1.165) is 84.8 Å². The van der Waals surface area contributed by atoms with E-state index in [1.54, 1.807) is 7.11 Å².